The molecule has 0 atom stereocenters. The minimum Gasteiger partial charge on any atom is -0.455 e. The molecule has 3 heteroatoms. The lowest BCUT2D eigenvalue weighted by molar-refractivity contribution is -0.659. The summed E-state index contributed by atoms with van der Waals surface area (Å²) in [5.41, 5.74) is 6.63. The Hall–Kier alpha value is -3.17. The lowest BCUT2D eigenvalue weighted by atomic mass is 9.85. The fourth-order valence-electron chi connectivity index (χ4n) is 6.56. The van der Waals surface area contributed by atoms with Gasteiger partial charge in [-0.1, -0.05) is 88.9 Å². The molecule has 0 bridgehead atoms. The van der Waals surface area contributed by atoms with Gasteiger partial charge in [-0.05, 0) is 70.3 Å². The Morgan fingerprint density at radius 2 is 1.54 bits per heavy atom. The molecule has 0 aliphatic carbocycles. The van der Waals surface area contributed by atoms with Crippen molar-refractivity contribution in [1.82, 2.24) is 0 Å². The monoisotopic (exact) mass is 532 g/mol. The number of benzene rings is 4. The van der Waals surface area contributed by atoms with Gasteiger partial charge >= 0.3 is 0 Å². The van der Waals surface area contributed by atoms with Gasteiger partial charge in [0.05, 0.1) is 19.0 Å². The predicted octanol–water partition coefficient (Wildman–Crippen LogP) is 8.99. The van der Waals surface area contributed by atoms with Gasteiger partial charge < -0.3 is 4.74 Å². The van der Waals surface area contributed by atoms with Gasteiger partial charge in [0.15, 0.2) is 6.20 Å². The van der Waals surface area contributed by atoms with Gasteiger partial charge in [-0.25, -0.2) is 4.57 Å². The molecule has 0 radical (unpaired) electrons. The lowest BCUT2D eigenvalue weighted by Gasteiger charge is -2.27. The van der Waals surface area contributed by atoms with E-state index in [4.69, 9.17) is 4.74 Å². The summed E-state index contributed by atoms with van der Waals surface area (Å²) < 4.78 is 9.34. The maximum absolute atomic E-state index is 7.02. The summed E-state index contributed by atoms with van der Waals surface area (Å²) in [6.07, 6.45) is 4.34. The van der Waals surface area contributed by atoms with E-state index >= 15 is 0 Å². The fraction of sp³-hybridized carbons (Fsp3) is 0.361. The van der Waals surface area contributed by atoms with Gasteiger partial charge in [-0.2, -0.15) is 0 Å². The second-order valence-corrected chi connectivity index (χ2v) is 18.7. The van der Waals surface area contributed by atoms with Crippen LogP contribution in [0.3, 0.4) is 0 Å². The first-order valence-corrected chi connectivity index (χ1v) is 18.1. The molecule has 0 fully saturated rings. The SMILES string of the molecule is Cc1c2c(c(CC(C)C)c3ccc(CC(C)C)cc13)Oc1cc3ccc([Si](C)(C)C)cc3c3cc[n+](C)c-2c13. The van der Waals surface area contributed by atoms with E-state index in [2.05, 4.69) is 121 Å². The number of nitrogens with zero attached hydrogens (tertiary/aromatic N) is 1. The number of aromatic nitrogens is 1. The van der Waals surface area contributed by atoms with Crippen LogP contribution in [0.15, 0.2) is 54.7 Å². The summed E-state index contributed by atoms with van der Waals surface area (Å²) in [5, 5.41) is 9.33. The van der Waals surface area contributed by atoms with Gasteiger partial charge in [0, 0.05) is 17.0 Å². The van der Waals surface area contributed by atoms with E-state index in [1.807, 2.05) is 0 Å². The van der Waals surface area contributed by atoms with Crippen molar-refractivity contribution < 1.29 is 9.30 Å². The van der Waals surface area contributed by atoms with E-state index in [-0.39, 0.29) is 0 Å². The van der Waals surface area contributed by atoms with E-state index in [9.17, 15) is 0 Å². The van der Waals surface area contributed by atoms with Crippen molar-refractivity contribution in [1.29, 1.82) is 0 Å². The van der Waals surface area contributed by atoms with Gasteiger partial charge in [0.1, 0.15) is 18.5 Å². The first-order chi connectivity index (χ1) is 18.4. The zero-order chi connectivity index (χ0) is 27.8. The summed E-state index contributed by atoms with van der Waals surface area (Å²) in [4.78, 5) is 0. The summed E-state index contributed by atoms with van der Waals surface area (Å²) in [5.74, 6) is 3.20. The third-order valence-electron chi connectivity index (χ3n) is 8.46. The average Bonchev–Trinajstić information content (AvgIpc) is 2.86. The van der Waals surface area contributed by atoms with E-state index in [0.29, 0.717) is 11.8 Å². The fourth-order valence-corrected chi connectivity index (χ4v) is 7.72. The van der Waals surface area contributed by atoms with Crippen molar-refractivity contribution in [2.75, 3.05) is 0 Å². The van der Waals surface area contributed by atoms with Crippen LogP contribution >= 0.6 is 0 Å². The molecule has 2 heterocycles. The summed E-state index contributed by atoms with van der Waals surface area (Å²) >= 11 is 0. The first-order valence-electron chi connectivity index (χ1n) is 14.6. The van der Waals surface area contributed by atoms with Crippen LogP contribution in [-0.4, -0.2) is 8.07 Å². The quantitative estimate of drug-likeness (QED) is 0.123. The smallest absolute Gasteiger partial charge is 0.228 e. The van der Waals surface area contributed by atoms with Crippen LogP contribution in [0.4, 0.5) is 0 Å². The predicted molar refractivity (Wildman–Crippen MR) is 170 cm³/mol. The molecule has 1 aliphatic heterocycles. The van der Waals surface area contributed by atoms with Gasteiger partial charge in [0.25, 0.3) is 0 Å². The van der Waals surface area contributed by atoms with Gasteiger partial charge in [0.2, 0.25) is 5.69 Å². The minimum atomic E-state index is -1.44. The van der Waals surface area contributed by atoms with Crippen LogP contribution in [0.2, 0.25) is 19.6 Å². The Balaban J connectivity index is 1.73. The normalized spacial score (nSPS) is 13.1. The number of fused-ring (bicyclic) bond motifs is 5. The highest BCUT2D eigenvalue weighted by atomic mass is 28.3. The molecule has 0 unspecified atom stereocenters. The van der Waals surface area contributed by atoms with E-state index in [0.717, 1.165) is 24.3 Å². The van der Waals surface area contributed by atoms with Gasteiger partial charge in [-0.3, -0.25) is 0 Å². The number of hydrogen-bond acceptors (Lipinski definition) is 1. The topological polar surface area (TPSA) is 13.1 Å². The summed E-state index contributed by atoms with van der Waals surface area (Å²) in [7, 11) is 0.747. The third kappa shape index (κ3) is 4.26. The molecular weight excluding hydrogens is 490 g/mol. The molecule has 1 aromatic heterocycles. The lowest BCUT2D eigenvalue weighted by Crippen LogP contribution is -2.37. The van der Waals surface area contributed by atoms with Crippen molar-refractivity contribution in [3.63, 3.8) is 0 Å². The molecule has 4 aromatic carbocycles. The van der Waals surface area contributed by atoms with Crippen LogP contribution < -0.4 is 14.5 Å². The number of rotatable bonds is 5. The van der Waals surface area contributed by atoms with E-state index < -0.39 is 8.07 Å². The van der Waals surface area contributed by atoms with Crippen LogP contribution in [0.25, 0.3) is 43.6 Å². The molecule has 0 N–H and O–H groups in total. The van der Waals surface area contributed by atoms with Crippen molar-refractivity contribution in [3.8, 4) is 22.8 Å². The summed E-state index contributed by atoms with van der Waals surface area (Å²) in [6, 6.07) is 18.8. The second-order valence-electron chi connectivity index (χ2n) is 13.6. The van der Waals surface area contributed by atoms with E-state index in [1.54, 1.807) is 0 Å². The molecular formula is C36H42NOSi+. The van der Waals surface area contributed by atoms with Crippen molar-refractivity contribution in [3.05, 3.63) is 71.4 Å². The molecule has 2 nitrogen and oxygen atoms in total. The van der Waals surface area contributed by atoms with Gasteiger partial charge in [-0.15, -0.1) is 0 Å². The molecule has 0 amide bonds. The molecule has 0 saturated carbocycles. The Kier molecular flexibility index (Phi) is 6.15. The number of ether oxygens (including phenoxy) is 1. The molecule has 200 valence electrons. The van der Waals surface area contributed by atoms with Crippen LogP contribution in [0.5, 0.6) is 11.5 Å². The second kappa shape index (κ2) is 9.20. The summed E-state index contributed by atoms with van der Waals surface area (Å²) in [6.45, 7) is 18.8. The Labute approximate surface area is 234 Å². The molecule has 0 saturated heterocycles. The van der Waals surface area contributed by atoms with Crippen LogP contribution in [-0.2, 0) is 19.9 Å². The van der Waals surface area contributed by atoms with Crippen molar-refractivity contribution >= 4 is 45.6 Å². The van der Waals surface area contributed by atoms with Crippen LogP contribution in [0.1, 0.15) is 44.4 Å². The molecule has 0 spiro atoms. The number of aryl methyl sites for hydroxylation is 2. The first kappa shape index (κ1) is 26.1. The zero-order valence-electron chi connectivity index (χ0n) is 25.1. The van der Waals surface area contributed by atoms with Crippen molar-refractivity contribution in [2.45, 2.75) is 67.1 Å². The molecule has 1 aliphatic rings. The molecule has 39 heavy (non-hydrogen) atoms. The average molecular weight is 533 g/mol. The third-order valence-corrected chi connectivity index (χ3v) is 10.5. The Morgan fingerprint density at radius 3 is 2.23 bits per heavy atom. The molecule has 5 aromatic rings. The minimum absolute atomic E-state index is 0.529. The number of hydrogen-bond donors (Lipinski definition) is 0. The Morgan fingerprint density at radius 1 is 0.795 bits per heavy atom. The Bertz CT molecular complexity index is 1790. The maximum Gasteiger partial charge on any atom is 0.228 e. The largest absolute Gasteiger partial charge is 0.455 e. The van der Waals surface area contributed by atoms with Crippen LogP contribution in [0, 0.1) is 18.8 Å². The molecule has 6 rings (SSSR count). The standard InChI is InChI=1S/C36H42NOSi/c1-21(2)16-24-10-13-27-29(18-24)23(5)33-35-34-28(14-15-37(35)6)30-20-26(39(7,8)9)12-11-25(30)19-32(34)38-36(33)31(27)17-22(3)4/h10-15,18-22H,16-17H2,1-9H3/q+1. The highest BCUT2D eigenvalue weighted by molar-refractivity contribution is 6.88. The highest BCUT2D eigenvalue weighted by Crippen LogP contribution is 2.52. The highest BCUT2D eigenvalue weighted by Gasteiger charge is 2.34. The van der Waals surface area contributed by atoms with E-state index in [1.165, 1.54) is 65.5 Å². The maximum atomic E-state index is 7.02. The van der Waals surface area contributed by atoms with Crippen molar-refractivity contribution in [2.24, 2.45) is 18.9 Å². The zero-order valence-corrected chi connectivity index (χ0v) is 26.1. The number of pyridine rings is 1.